The van der Waals surface area contributed by atoms with E-state index in [4.69, 9.17) is 0 Å². The lowest BCUT2D eigenvalue weighted by Gasteiger charge is -2.14. The summed E-state index contributed by atoms with van der Waals surface area (Å²) >= 11 is 1.97. The summed E-state index contributed by atoms with van der Waals surface area (Å²) in [6.07, 6.45) is 1.39. The topological polar surface area (TPSA) is 61.0 Å². The van der Waals surface area contributed by atoms with Crippen molar-refractivity contribution in [2.75, 3.05) is 24.3 Å². The van der Waals surface area contributed by atoms with Crippen LogP contribution in [-0.2, 0) is 0 Å². The van der Waals surface area contributed by atoms with Crippen molar-refractivity contribution in [1.82, 2.24) is 9.97 Å². The molecule has 0 radical (unpaired) electrons. The molecule has 1 aromatic heterocycles. The van der Waals surface area contributed by atoms with E-state index < -0.39 is 0 Å². The monoisotopic (exact) mass is 356 g/mol. The highest BCUT2D eigenvalue weighted by atomic mass is 127. The number of aromatic nitrogens is 2. The molecule has 0 aliphatic rings. The Hall–Kier alpha value is -1.57. The minimum absolute atomic E-state index is 0.142. The minimum Gasteiger partial charge on any atom is -0.378 e. The van der Waals surface area contributed by atoms with Crippen LogP contribution in [-0.4, -0.2) is 24.1 Å². The van der Waals surface area contributed by atoms with Crippen molar-refractivity contribution in [3.63, 3.8) is 0 Å². The maximum Gasteiger partial charge on any atom is 0.266 e. The van der Waals surface area contributed by atoms with Gasteiger partial charge < -0.3 is 15.2 Å². The number of nitrogens with zero attached hydrogens (tertiary/aromatic N) is 2. The van der Waals surface area contributed by atoms with Crippen molar-refractivity contribution in [2.24, 2.45) is 0 Å². The summed E-state index contributed by atoms with van der Waals surface area (Å²) in [6, 6.07) is 7.91. The summed E-state index contributed by atoms with van der Waals surface area (Å²) in [5.41, 5.74) is 1.84. The van der Waals surface area contributed by atoms with Crippen LogP contribution in [0.25, 0.3) is 0 Å². The second-order valence-electron chi connectivity index (χ2n) is 3.96. The second kappa shape index (κ2) is 5.38. The lowest BCUT2D eigenvalue weighted by Crippen LogP contribution is -2.13. The van der Waals surface area contributed by atoms with Crippen molar-refractivity contribution in [3.8, 4) is 0 Å². The first kappa shape index (κ1) is 12.9. The van der Waals surface area contributed by atoms with Crippen LogP contribution in [0, 0.1) is 3.57 Å². The fourth-order valence-corrected chi connectivity index (χ4v) is 1.90. The molecule has 2 N–H and O–H groups in total. The molecule has 5 nitrogen and oxygen atoms in total. The van der Waals surface area contributed by atoms with Crippen LogP contribution in [0.2, 0.25) is 0 Å². The first-order chi connectivity index (χ1) is 8.58. The molecule has 2 rings (SSSR count). The summed E-state index contributed by atoms with van der Waals surface area (Å²) in [7, 11) is 3.96. The van der Waals surface area contributed by atoms with Crippen molar-refractivity contribution < 1.29 is 0 Å². The van der Waals surface area contributed by atoms with Crippen LogP contribution in [0.4, 0.5) is 17.2 Å². The largest absolute Gasteiger partial charge is 0.378 e. The van der Waals surface area contributed by atoms with Gasteiger partial charge in [-0.2, -0.15) is 0 Å². The molecule has 18 heavy (non-hydrogen) atoms. The summed E-state index contributed by atoms with van der Waals surface area (Å²) in [4.78, 5) is 20.1. The summed E-state index contributed by atoms with van der Waals surface area (Å²) < 4.78 is 0.547. The Labute approximate surface area is 118 Å². The van der Waals surface area contributed by atoms with Gasteiger partial charge in [0.25, 0.3) is 5.56 Å². The third-order valence-electron chi connectivity index (χ3n) is 2.42. The van der Waals surface area contributed by atoms with E-state index in [9.17, 15) is 4.79 Å². The van der Waals surface area contributed by atoms with Gasteiger partial charge in [0.2, 0.25) is 0 Å². The van der Waals surface area contributed by atoms with E-state index >= 15 is 0 Å². The minimum atomic E-state index is -0.142. The molecular weight excluding hydrogens is 343 g/mol. The van der Waals surface area contributed by atoms with Crippen LogP contribution >= 0.6 is 22.6 Å². The van der Waals surface area contributed by atoms with Gasteiger partial charge in [0, 0.05) is 25.5 Å². The molecule has 0 saturated carbocycles. The van der Waals surface area contributed by atoms with E-state index in [1.54, 1.807) is 0 Å². The number of aromatic amines is 1. The van der Waals surface area contributed by atoms with E-state index in [-0.39, 0.29) is 5.56 Å². The zero-order valence-electron chi connectivity index (χ0n) is 10.1. The van der Waals surface area contributed by atoms with E-state index in [1.807, 2.05) is 65.9 Å². The fraction of sp³-hybridized carbons (Fsp3) is 0.167. The average Bonchev–Trinajstić information content (AvgIpc) is 2.35. The standard InChI is InChI=1S/C12H13IN4O/c1-17(2)9-5-3-4-8(6-9)16-11-10(13)12(18)15-7-14-11/h3-7H,1-2H3,(H2,14,15,16,18). The molecule has 0 saturated heterocycles. The molecule has 94 valence electrons. The summed E-state index contributed by atoms with van der Waals surface area (Å²) in [5.74, 6) is 0.565. The van der Waals surface area contributed by atoms with Gasteiger partial charge in [-0.15, -0.1) is 0 Å². The normalized spacial score (nSPS) is 10.2. The Balaban J connectivity index is 2.31. The number of nitrogens with one attached hydrogen (secondary N) is 2. The van der Waals surface area contributed by atoms with Gasteiger partial charge >= 0.3 is 0 Å². The smallest absolute Gasteiger partial charge is 0.266 e. The molecule has 0 atom stereocenters. The van der Waals surface area contributed by atoms with Crippen molar-refractivity contribution >= 4 is 39.8 Å². The molecule has 1 heterocycles. The number of hydrogen-bond donors (Lipinski definition) is 2. The maximum absolute atomic E-state index is 11.5. The average molecular weight is 356 g/mol. The lowest BCUT2D eigenvalue weighted by atomic mass is 10.2. The molecule has 0 spiro atoms. The lowest BCUT2D eigenvalue weighted by molar-refractivity contribution is 1.10. The number of H-pyrrole nitrogens is 1. The van der Waals surface area contributed by atoms with Gasteiger partial charge in [-0.3, -0.25) is 4.79 Å². The zero-order valence-corrected chi connectivity index (χ0v) is 12.2. The Bertz CT molecular complexity index is 609. The molecule has 1 aromatic carbocycles. The SMILES string of the molecule is CN(C)c1cccc(Nc2nc[nH]c(=O)c2I)c1. The summed E-state index contributed by atoms with van der Waals surface area (Å²) in [6.45, 7) is 0. The first-order valence-corrected chi connectivity index (χ1v) is 6.43. The van der Waals surface area contributed by atoms with Crippen LogP contribution in [0.15, 0.2) is 35.4 Å². The highest BCUT2D eigenvalue weighted by Crippen LogP contribution is 2.21. The predicted octanol–water partition coefficient (Wildman–Crippen LogP) is 2.18. The third-order valence-corrected chi connectivity index (χ3v) is 3.42. The fourth-order valence-electron chi connectivity index (χ4n) is 1.47. The highest BCUT2D eigenvalue weighted by molar-refractivity contribution is 14.1. The quantitative estimate of drug-likeness (QED) is 0.828. The van der Waals surface area contributed by atoms with Crippen LogP contribution in [0.5, 0.6) is 0 Å². The Kier molecular flexibility index (Phi) is 3.85. The molecule has 6 heteroatoms. The molecule has 0 aliphatic heterocycles. The van der Waals surface area contributed by atoms with Crippen molar-refractivity contribution in [1.29, 1.82) is 0 Å². The number of halogens is 1. The van der Waals surface area contributed by atoms with E-state index in [0.29, 0.717) is 9.39 Å². The molecule has 0 unspecified atom stereocenters. The predicted molar refractivity (Wildman–Crippen MR) is 81.6 cm³/mol. The molecule has 0 bridgehead atoms. The summed E-state index contributed by atoms with van der Waals surface area (Å²) in [5, 5.41) is 3.14. The molecule has 2 aromatic rings. The van der Waals surface area contributed by atoms with E-state index in [1.165, 1.54) is 6.33 Å². The molecular formula is C12H13IN4O. The molecule has 0 amide bonds. The number of anilines is 3. The number of hydrogen-bond acceptors (Lipinski definition) is 4. The van der Waals surface area contributed by atoms with Gasteiger partial charge in [0.05, 0.1) is 6.33 Å². The van der Waals surface area contributed by atoms with Crippen LogP contribution in [0.3, 0.4) is 0 Å². The van der Waals surface area contributed by atoms with Gasteiger partial charge in [-0.1, -0.05) is 6.07 Å². The van der Waals surface area contributed by atoms with Crippen molar-refractivity contribution in [3.05, 3.63) is 44.5 Å². The number of rotatable bonds is 3. The highest BCUT2D eigenvalue weighted by Gasteiger charge is 2.05. The Morgan fingerprint density at radius 1 is 1.39 bits per heavy atom. The molecule has 0 aliphatic carbocycles. The zero-order chi connectivity index (χ0) is 13.1. The second-order valence-corrected chi connectivity index (χ2v) is 5.04. The van der Waals surface area contributed by atoms with Crippen LogP contribution < -0.4 is 15.8 Å². The van der Waals surface area contributed by atoms with Crippen LogP contribution in [0.1, 0.15) is 0 Å². The maximum atomic E-state index is 11.5. The van der Waals surface area contributed by atoms with Gasteiger partial charge in [0.1, 0.15) is 3.57 Å². The van der Waals surface area contributed by atoms with E-state index in [0.717, 1.165) is 11.4 Å². The van der Waals surface area contributed by atoms with E-state index in [2.05, 4.69) is 15.3 Å². The third kappa shape index (κ3) is 2.81. The van der Waals surface area contributed by atoms with Gasteiger partial charge in [0.15, 0.2) is 5.82 Å². The van der Waals surface area contributed by atoms with Gasteiger partial charge in [-0.05, 0) is 40.8 Å². The Morgan fingerprint density at radius 3 is 2.89 bits per heavy atom. The Morgan fingerprint density at radius 2 is 2.17 bits per heavy atom. The van der Waals surface area contributed by atoms with Crippen molar-refractivity contribution in [2.45, 2.75) is 0 Å². The first-order valence-electron chi connectivity index (χ1n) is 5.35. The number of benzene rings is 1. The molecule has 0 fully saturated rings. The van der Waals surface area contributed by atoms with Gasteiger partial charge in [-0.25, -0.2) is 4.98 Å².